The van der Waals surface area contributed by atoms with Crippen molar-refractivity contribution in [3.63, 3.8) is 0 Å². The van der Waals surface area contributed by atoms with E-state index < -0.39 is 0 Å². The van der Waals surface area contributed by atoms with E-state index in [1.54, 1.807) is 4.88 Å². The topological polar surface area (TPSA) is 39.7 Å². The quantitative estimate of drug-likeness (QED) is 0.266. The third kappa shape index (κ3) is 7.62. The molecule has 23 heavy (non-hydrogen) atoms. The van der Waals surface area contributed by atoms with Crippen LogP contribution in [0, 0.1) is 0 Å². The Bertz CT molecular complexity index is 465. The van der Waals surface area contributed by atoms with Gasteiger partial charge in [0, 0.05) is 44.6 Å². The number of rotatable bonds is 8. The predicted molar refractivity (Wildman–Crippen MR) is 116 cm³/mol. The van der Waals surface area contributed by atoms with Crippen LogP contribution in [0.4, 0.5) is 0 Å². The lowest BCUT2D eigenvalue weighted by Gasteiger charge is -2.27. The fourth-order valence-electron chi connectivity index (χ4n) is 2.63. The molecule has 2 heterocycles. The second-order valence-electron chi connectivity index (χ2n) is 5.52. The summed E-state index contributed by atoms with van der Waals surface area (Å²) in [5.74, 6) is 2.17. The third-order valence-corrected chi connectivity index (χ3v) is 5.62. The second-order valence-corrected chi connectivity index (χ2v) is 7.51. The van der Waals surface area contributed by atoms with E-state index in [9.17, 15) is 0 Å². The maximum absolute atomic E-state index is 4.29. The van der Waals surface area contributed by atoms with Crippen LogP contribution >= 0.6 is 47.1 Å². The molecule has 0 fully saturated rings. The number of hydrogen-bond donors (Lipinski definition) is 2. The van der Waals surface area contributed by atoms with Gasteiger partial charge in [-0.25, -0.2) is 0 Å². The number of thioether (sulfide) groups is 1. The van der Waals surface area contributed by atoms with Crippen molar-refractivity contribution in [3.8, 4) is 0 Å². The number of nitrogens with one attached hydrogen (secondary N) is 2. The minimum atomic E-state index is 0. The molecule has 1 aromatic heterocycles. The highest BCUT2D eigenvalue weighted by Gasteiger charge is 2.16. The third-order valence-electron chi connectivity index (χ3n) is 3.90. The van der Waals surface area contributed by atoms with Crippen molar-refractivity contribution in [1.82, 2.24) is 15.5 Å². The van der Waals surface area contributed by atoms with E-state index in [2.05, 4.69) is 38.2 Å². The van der Waals surface area contributed by atoms with Crippen molar-refractivity contribution < 1.29 is 0 Å². The standard InChI is InChI=1S/C16H28N4S2.HI/c1-17-16(18-7-3-4-11-21-2)19-8-10-20-9-5-15-14(13-20)6-12-22-15;/h6,12H,3-5,7-11,13H2,1-2H3,(H2,17,18,19);1H. The molecule has 1 aliphatic rings. The number of aliphatic imine (C=N–C) groups is 1. The smallest absolute Gasteiger partial charge is 0.191 e. The number of unbranched alkanes of at least 4 members (excludes halogenated alkanes) is 1. The molecule has 0 aromatic carbocycles. The fraction of sp³-hybridized carbons (Fsp3) is 0.688. The van der Waals surface area contributed by atoms with E-state index in [-0.39, 0.29) is 24.0 Å². The molecular weight excluding hydrogens is 439 g/mol. The van der Waals surface area contributed by atoms with Crippen LogP contribution in [0.25, 0.3) is 0 Å². The molecule has 0 saturated carbocycles. The zero-order valence-corrected chi connectivity index (χ0v) is 18.1. The molecule has 0 bridgehead atoms. The maximum Gasteiger partial charge on any atom is 0.191 e. The molecule has 132 valence electrons. The fourth-order valence-corrected chi connectivity index (χ4v) is 4.01. The van der Waals surface area contributed by atoms with Crippen molar-refractivity contribution in [2.75, 3.05) is 45.2 Å². The summed E-state index contributed by atoms with van der Waals surface area (Å²) < 4.78 is 0. The van der Waals surface area contributed by atoms with E-state index in [0.29, 0.717) is 0 Å². The van der Waals surface area contributed by atoms with Crippen LogP contribution in [0.2, 0.25) is 0 Å². The summed E-state index contributed by atoms with van der Waals surface area (Å²) in [6.45, 7) is 5.30. The Morgan fingerprint density at radius 1 is 1.35 bits per heavy atom. The van der Waals surface area contributed by atoms with Crippen LogP contribution in [-0.4, -0.2) is 56.1 Å². The van der Waals surface area contributed by atoms with Gasteiger partial charge in [0.25, 0.3) is 0 Å². The van der Waals surface area contributed by atoms with E-state index in [4.69, 9.17) is 0 Å². The van der Waals surface area contributed by atoms with E-state index in [1.807, 2.05) is 30.1 Å². The van der Waals surface area contributed by atoms with Gasteiger partial charge in [0.1, 0.15) is 0 Å². The molecule has 0 saturated heterocycles. The van der Waals surface area contributed by atoms with Gasteiger partial charge in [0.15, 0.2) is 5.96 Å². The van der Waals surface area contributed by atoms with E-state index in [0.717, 1.165) is 32.1 Å². The summed E-state index contributed by atoms with van der Waals surface area (Å²) >= 11 is 3.81. The molecule has 2 rings (SSSR count). The van der Waals surface area contributed by atoms with E-state index >= 15 is 0 Å². The second kappa shape index (κ2) is 12.4. The van der Waals surface area contributed by atoms with Gasteiger partial charge in [0.2, 0.25) is 0 Å². The SMILES string of the molecule is CN=C(NCCCCSC)NCCN1CCc2sccc2C1.I. The first-order valence-electron chi connectivity index (χ1n) is 8.04. The molecule has 0 aliphatic carbocycles. The molecule has 0 unspecified atom stereocenters. The summed E-state index contributed by atoms with van der Waals surface area (Å²) in [7, 11) is 1.84. The van der Waals surface area contributed by atoms with Gasteiger partial charge >= 0.3 is 0 Å². The highest BCUT2D eigenvalue weighted by molar-refractivity contribution is 14.0. The van der Waals surface area contributed by atoms with E-state index in [1.165, 1.54) is 37.1 Å². The molecule has 1 aliphatic heterocycles. The number of guanidine groups is 1. The molecule has 0 amide bonds. The minimum Gasteiger partial charge on any atom is -0.356 e. The molecule has 0 spiro atoms. The van der Waals surface area contributed by atoms with Crippen molar-refractivity contribution >= 4 is 53.0 Å². The minimum absolute atomic E-state index is 0. The predicted octanol–water partition coefficient (Wildman–Crippen LogP) is 3.03. The van der Waals surface area contributed by atoms with Gasteiger partial charge in [0.05, 0.1) is 0 Å². The van der Waals surface area contributed by atoms with Crippen molar-refractivity contribution in [2.24, 2.45) is 4.99 Å². The first kappa shape index (κ1) is 21.1. The average molecular weight is 468 g/mol. The largest absolute Gasteiger partial charge is 0.356 e. The summed E-state index contributed by atoms with van der Waals surface area (Å²) in [5.41, 5.74) is 1.52. The lowest BCUT2D eigenvalue weighted by Crippen LogP contribution is -2.42. The first-order chi connectivity index (χ1) is 10.8. The Morgan fingerprint density at radius 3 is 2.96 bits per heavy atom. The monoisotopic (exact) mass is 468 g/mol. The van der Waals surface area contributed by atoms with Crippen LogP contribution in [0.3, 0.4) is 0 Å². The zero-order valence-electron chi connectivity index (χ0n) is 14.1. The van der Waals surface area contributed by atoms with Crippen molar-refractivity contribution in [3.05, 3.63) is 21.9 Å². The summed E-state index contributed by atoms with van der Waals surface area (Å²) in [4.78, 5) is 8.39. The van der Waals surface area contributed by atoms with Gasteiger partial charge < -0.3 is 10.6 Å². The lowest BCUT2D eigenvalue weighted by molar-refractivity contribution is 0.260. The molecule has 2 N–H and O–H groups in total. The average Bonchev–Trinajstić information content (AvgIpc) is 3.00. The summed E-state index contributed by atoms with van der Waals surface area (Å²) in [5, 5.41) is 9.03. The van der Waals surface area contributed by atoms with Crippen LogP contribution in [-0.2, 0) is 13.0 Å². The van der Waals surface area contributed by atoms with Crippen LogP contribution in [0.15, 0.2) is 16.4 Å². The Labute approximate surface area is 165 Å². The Kier molecular flexibility index (Phi) is 11.3. The summed E-state index contributed by atoms with van der Waals surface area (Å²) in [6, 6.07) is 2.27. The van der Waals surface area contributed by atoms with Crippen LogP contribution in [0.1, 0.15) is 23.3 Å². The van der Waals surface area contributed by atoms with Gasteiger partial charge in [-0.05, 0) is 48.3 Å². The Morgan fingerprint density at radius 2 is 2.17 bits per heavy atom. The zero-order chi connectivity index (χ0) is 15.6. The molecule has 7 heteroatoms. The lowest BCUT2D eigenvalue weighted by atomic mass is 10.1. The van der Waals surface area contributed by atoms with Gasteiger partial charge in [-0.3, -0.25) is 9.89 Å². The number of nitrogens with zero attached hydrogens (tertiary/aromatic N) is 2. The molecular formula is C16H29IN4S2. The highest BCUT2D eigenvalue weighted by atomic mass is 127. The molecule has 4 nitrogen and oxygen atoms in total. The van der Waals surface area contributed by atoms with Crippen LogP contribution in [0.5, 0.6) is 0 Å². The number of hydrogen-bond acceptors (Lipinski definition) is 4. The van der Waals surface area contributed by atoms with Gasteiger partial charge in [-0.2, -0.15) is 11.8 Å². The Hall–Kier alpha value is 0.01000. The molecule has 0 atom stereocenters. The van der Waals surface area contributed by atoms with Gasteiger partial charge in [-0.15, -0.1) is 35.3 Å². The maximum atomic E-state index is 4.29. The number of fused-ring (bicyclic) bond motifs is 1. The van der Waals surface area contributed by atoms with Crippen molar-refractivity contribution in [2.45, 2.75) is 25.8 Å². The highest BCUT2D eigenvalue weighted by Crippen LogP contribution is 2.23. The number of thiophene rings is 1. The normalized spacial score (nSPS) is 15.0. The Balaban J connectivity index is 0.00000264. The first-order valence-corrected chi connectivity index (χ1v) is 10.3. The molecule has 1 aromatic rings. The number of halogens is 1. The summed E-state index contributed by atoms with van der Waals surface area (Å²) in [6.07, 6.45) is 5.83. The van der Waals surface area contributed by atoms with Crippen molar-refractivity contribution in [1.29, 1.82) is 0 Å². The molecule has 0 radical (unpaired) electrons. The van der Waals surface area contributed by atoms with Gasteiger partial charge in [-0.1, -0.05) is 0 Å². The van der Waals surface area contributed by atoms with Crippen LogP contribution < -0.4 is 10.6 Å².